The Balaban J connectivity index is 1.38. The lowest BCUT2D eigenvalue weighted by molar-refractivity contribution is -0.161. The number of carbonyl (C=O) groups is 2. The Morgan fingerprint density at radius 3 is 1.86 bits per heavy atom. The van der Waals surface area contributed by atoms with Crippen LogP contribution in [0.5, 0.6) is 0 Å². The normalized spacial score (nSPS) is 22.0. The zero-order chi connectivity index (χ0) is 53.9. The molecule has 21 heteroatoms. The highest BCUT2D eigenvalue weighted by Crippen LogP contribution is 2.60. The van der Waals surface area contributed by atoms with Crippen molar-refractivity contribution in [3.05, 3.63) is 71.4 Å². The SMILES string of the molecule is CCCCC/C=C\CC1OC1CCCCCCCC(=O)O[C@H](COC(=O)CCCCCCCC/C=C\C/C=C\C/C=C\CCCCCC)COP(=O)(O)OP(=O)(O)OC[C@H]1O[C@@H](n2ccc(N)nc2=O)[C@H](O)[C@@H]1O. The first-order valence-electron chi connectivity index (χ1n) is 27.3. The molecule has 2 fully saturated rings. The summed E-state index contributed by atoms with van der Waals surface area (Å²) < 4.78 is 62.7. The minimum Gasteiger partial charge on any atom is -0.462 e. The molecule has 0 spiro atoms. The largest absolute Gasteiger partial charge is 0.481 e. The number of rotatable bonds is 44. The second kappa shape index (κ2) is 38.3. The molecule has 4 unspecified atom stereocenters. The number of anilines is 1. The van der Waals surface area contributed by atoms with E-state index in [-0.39, 0.29) is 18.7 Å². The summed E-state index contributed by atoms with van der Waals surface area (Å²) in [5.74, 6) is -1.33. The summed E-state index contributed by atoms with van der Waals surface area (Å²) in [5.41, 5.74) is 4.59. The van der Waals surface area contributed by atoms with Gasteiger partial charge in [0.2, 0.25) is 0 Å². The molecule has 0 amide bonds. The number of phosphoric acid groups is 2. The van der Waals surface area contributed by atoms with Crippen LogP contribution in [0.15, 0.2) is 65.7 Å². The number of nitrogens with two attached hydrogens (primary N) is 1. The molecule has 3 rings (SSSR count). The number of aliphatic hydroxyl groups excluding tert-OH is 2. The van der Waals surface area contributed by atoms with E-state index in [0.29, 0.717) is 25.0 Å². The molecule has 1 aromatic rings. The molecule has 19 nitrogen and oxygen atoms in total. The second-order valence-corrected chi connectivity index (χ2v) is 22.2. The number of hydrogen-bond acceptors (Lipinski definition) is 16. The lowest BCUT2D eigenvalue weighted by atomic mass is 10.1. The lowest BCUT2D eigenvalue weighted by Gasteiger charge is -2.21. The van der Waals surface area contributed by atoms with Crippen molar-refractivity contribution >= 4 is 33.4 Å². The van der Waals surface area contributed by atoms with Crippen molar-refractivity contribution in [2.45, 2.75) is 230 Å². The number of allylic oxidation sites excluding steroid dienone is 7. The van der Waals surface area contributed by atoms with Gasteiger partial charge in [-0.3, -0.25) is 23.2 Å². The van der Waals surface area contributed by atoms with Gasteiger partial charge in [-0.05, 0) is 83.1 Å². The van der Waals surface area contributed by atoms with Crippen molar-refractivity contribution in [2.75, 3.05) is 25.6 Å². The molecule has 2 aliphatic rings. The van der Waals surface area contributed by atoms with Crippen molar-refractivity contribution in [3.8, 4) is 0 Å². The first-order chi connectivity index (χ1) is 35.6. The van der Waals surface area contributed by atoms with Crippen molar-refractivity contribution in [2.24, 2.45) is 0 Å². The zero-order valence-corrected chi connectivity index (χ0v) is 45.9. The highest BCUT2D eigenvalue weighted by molar-refractivity contribution is 7.61. The van der Waals surface area contributed by atoms with E-state index < -0.39 is 83.7 Å². The molecule has 74 heavy (non-hydrogen) atoms. The Hall–Kier alpha value is -3.32. The van der Waals surface area contributed by atoms with Crippen LogP contribution in [0.4, 0.5) is 5.82 Å². The molecule has 1 aromatic heterocycles. The predicted octanol–water partition coefficient (Wildman–Crippen LogP) is 10.7. The summed E-state index contributed by atoms with van der Waals surface area (Å²) in [4.78, 5) is 62.1. The number of epoxide rings is 1. The highest BCUT2D eigenvalue weighted by atomic mass is 31.3. The summed E-state index contributed by atoms with van der Waals surface area (Å²) in [6.45, 7) is 2.09. The fourth-order valence-electron chi connectivity index (χ4n) is 8.21. The van der Waals surface area contributed by atoms with Crippen LogP contribution in [0.25, 0.3) is 0 Å². The van der Waals surface area contributed by atoms with Crippen molar-refractivity contribution < 1.29 is 71.0 Å². The molecular weight excluding hydrogens is 997 g/mol. The maximum absolute atomic E-state index is 12.9. The maximum Gasteiger partial charge on any atom is 0.481 e. The molecule has 2 aliphatic heterocycles. The summed E-state index contributed by atoms with van der Waals surface area (Å²) in [5, 5.41) is 20.9. The first kappa shape index (κ1) is 65.0. The molecule has 0 saturated carbocycles. The molecule has 0 aromatic carbocycles. The van der Waals surface area contributed by atoms with Crippen LogP contribution in [0.3, 0.4) is 0 Å². The fourth-order valence-corrected chi connectivity index (χ4v) is 10.3. The third-order valence-electron chi connectivity index (χ3n) is 12.6. The van der Waals surface area contributed by atoms with Gasteiger partial charge in [-0.1, -0.05) is 146 Å². The lowest BCUT2D eigenvalue weighted by Crippen LogP contribution is -2.36. The number of aliphatic hydroxyl groups is 2. The van der Waals surface area contributed by atoms with Crippen LogP contribution < -0.4 is 11.4 Å². The maximum atomic E-state index is 12.9. The Morgan fingerprint density at radius 2 is 1.22 bits per heavy atom. The van der Waals surface area contributed by atoms with Gasteiger partial charge in [0.15, 0.2) is 12.3 Å². The average molecular weight is 1090 g/mol. The van der Waals surface area contributed by atoms with Gasteiger partial charge in [-0.2, -0.15) is 9.29 Å². The van der Waals surface area contributed by atoms with Gasteiger partial charge < -0.3 is 44.7 Å². The third kappa shape index (κ3) is 29.8. The number of aromatic nitrogens is 2. The topological polar surface area (TPSA) is 278 Å². The highest BCUT2D eigenvalue weighted by Gasteiger charge is 2.46. The standard InChI is InChI=1S/C53H89N3O16P2/c1-3-5-7-9-11-12-13-14-15-16-17-18-19-20-21-22-23-24-28-32-36-48(57)66-40-43(69-49(58)37-33-29-25-27-31-35-45-44(70-45)34-30-26-10-8-6-4-2)41-67-73(62,63)72-74(64,65)68-42-46-50(59)51(60)52(71-46)56-39-38-47(54)55-53(56)61/h12-13,15-16,18-19,26,30,38-39,43-46,50-52,59-60H,3-11,14,17,20-25,27-29,31-37,40-42H2,1-2H3,(H,62,63)(H,64,65)(H2,54,55,61)/b13-12-,16-15-,19-18-,30-26-/t43-,44?,45?,46-,50-,51-,52-/m1/s1. The van der Waals surface area contributed by atoms with Gasteiger partial charge in [0.1, 0.15) is 30.7 Å². The Labute approximate surface area is 439 Å². The number of phosphoric ester groups is 2. The summed E-state index contributed by atoms with van der Waals surface area (Å²) in [6.07, 6.45) is 37.6. The average Bonchev–Trinajstić information content (AvgIpc) is 4.05. The number of unbranched alkanes of at least 4 members (excludes halogenated alkanes) is 17. The van der Waals surface area contributed by atoms with Gasteiger partial charge in [-0.25, -0.2) is 13.9 Å². The summed E-state index contributed by atoms with van der Waals surface area (Å²) in [7, 11) is -10.9. The molecule has 0 bridgehead atoms. The fraction of sp³-hybridized carbons (Fsp3) is 0.736. The van der Waals surface area contributed by atoms with E-state index in [1.165, 1.54) is 51.0 Å². The van der Waals surface area contributed by atoms with Crippen LogP contribution >= 0.6 is 15.6 Å². The molecule has 9 atom stereocenters. The number of nitrogen functional groups attached to an aromatic ring is 1. The Morgan fingerprint density at radius 1 is 0.676 bits per heavy atom. The second-order valence-electron chi connectivity index (χ2n) is 19.1. The van der Waals surface area contributed by atoms with Crippen LogP contribution in [-0.2, 0) is 51.0 Å². The van der Waals surface area contributed by atoms with Crippen molar-refractivity contribution in [1.82, 2.24) is 9.55 Å². The zero-order valence-electron chi connectivity index (χ0n) is 44.1. The van der Waals surface area contributed by atoms with Gasteiger partial charge in [-0.15, -0.1) is 0 Å². The van der Waals surface area contributed by atoms with Crippen LogP contribution in [0.1, 0.15) is 193 Å². The first-order valence-corrected chi connectivity index (χ1v) is 30.3. The molecule has 0 radical (unpaired) electrons. The van der Waals surface area contributed by atoms with E-state index in [1.807, 2.05) is 0 Å². The Kier molecular flexibility index (Phi) is 33.6. The molecule has 0 aliphatic carbocycles. The third-order valence-corrected chi connectivity index (χ3v) is 15.2. The van der Waals surface area contributed by atoms with Crippen molar-refractivity contribution in [3.63, 3.8) is 0 Å². The van der Waals surface area contributed by atoms with Crippen molar-refractivity contribution in [1.29, 1.82) is 0 Å². The minimum atomic E-state index is -5.44. The van der Waals surface area contributed by atoms with E-state index in [9.17, 15) is 43.5 Å². The number of nitrogens with zero attached hydrogens (tertiary/aromatic N) is 2. The van der Waals surface area contributed by atoms with E-state index in [4.69, 9.17) is 33.7 Å². The van der Waals surface area contributed by atoms with Gasteiger partial charge in [0.25, 0.3) is 0 Å². The summed E-state index contributed by atoms with van der Waals surface area (Å²) in [6, 6.07) is 1.25. The van der Waals surface area contributed by atoms with E-state index >= 15 is 0 Å². The molecular formula is C53H89N3O16P2. The molecule has 2 saturated heterocycles. The monoisotopic (exact) mass is 1090 g/mol. The van der Waals surface area contributed by atoms with Gasteiger partial charge in [0.05, 0.1) is 25.4 Å². The molecule has 422 valence electrons. The molecule has 6 N–H and O–H groups in total. The van der Waals surface area contributed by atoms with E-state index in [1.54, 1.807) is 0 Å². The molecule has 3 heterocycles. The number of ether oxygens (including phenoxy) is 4. The van der Waals surface area contributed by atoms with E-state index in [0.717, 1.165) is 113 Å². The minimum absolute atomic E-state index is 0.0228. The Bertz CT molecular complexity index is 2000. The number of esters is 2. The quantitative estimate of drug-likeness (QED) is 0.0133. The van der Waals surface area contributed by atoms with Crippen LogP contribution in [0, 0.1) is 0 Å². The predicted molar refractivity (Wildman–Crippen MR) is 284 cm³/mol. The number of hydrogen-bond donors (Lipinski definition) is 5. The van der Waals surface area contributed by atoms with Gasteiger partial charge in [0, 0.05) is 19.0 Å². The smallest absolute Gasteiger partial charge is 0.462 e. The van der Waals surface area contributed by atoms with E-state index in [2.05, 4.69) is 71.8 Å². The number of carbonyl (C=O) groups excluding carboxylic acids is 2. The van der Waals surface area contributed by atoms with Gasteiger partial charge >= 0.3 is 33.3 Å². The van der Waals surface area contributed by atoms with Crippen LogP contribution in [-0.4, -0.2) is 97.9 Å². The van der Waals surface area contributed by atoms with Crippen LogP contribution in [0.2, 0.25) is 0 Å². The summed E-state index contributed by atoms with van der Waals surface area (Å²) >= 11 is 0.